The van der Waals surface area contributed by atoms with Gasteiger partial charge >= 0.3 is 0 Å². The summed E-state index contributed by atoms with van der Waals surface area (Å²) in [6.07, 6.45) is 0.725. The van der Waals surface area contributed by atoms with Crippen LogP contribution in [0.5, 0.6) is 0 Å². The standard InChI is InChI=1S/C18H20O6S2/c19-25(20,17-7-3-1-4-8-17)23-15-11-13-16(14-12-15)24-26(21,22)18-9-5-2-6-10-18/h1-10,15-16H,11-14H2. The van der Waals surface area contributed by atoms with E-state index in [1.54, 1.807) is 36.4 Å². The molecule has 0 unspecified atom stereocenters. The van der Waals surface area contributed by atoms with Crippen LogP contribution in [0.25, 0.3) is 0 Å². The Labute approximate surface area is 154 Å². The number of benzene rings is 2. The second-order valence-electron chi connectivity index (χ2n) is 6.13. The molecule has 0 N–H and O–H groups in total. The third-order valence-corrected chi connectivity index (χ3v) is 6.96. The Hall–Kier alpha value is -1.74. The van der Waals surface area contributed by atoms with Crippen molar-refractivity contribution in [2.75, 3.05) is 0 Å². The van der Waals surface area contributed by atoms with Gasteiger partial charge in [-0.25, -0.2) is 0 Å². The zero-order chi connectivity index (χ0) is 18.6. The summed E-state index contributed by atoms with van der Waals surface area (Å²) >= 11 is 0. The van der Waals surface area contributed by atoms with Crippen molar-refractivity contribution in [3.63, 3.8) is 0 Å². The molecule has 0 aromatic heterocycles. The smallest absolute Gasteiger partial charge is 0.263 e. The van der Waals surface area contributed by atoms with Gasteiger partial charge in [-0.1, -0.05) is 36.4 Å². The van der Waals surface area contributed by atoms with Crippen LogP contribution in [0.1, 0.15) is 25.7 Å². The van der Waals surface area contributed by atoms with Crippen LogP contribution in [-0.4, -0.2) is 29.0 Å². The van der Waals surface area contributed by atoms with Crippen LogP contribution in [0.15, 0.2) is 70.5 Å². The van der Waals surface area contributed by atoms with Crippen molar-refractivity contribution in [1.82, 2.24) is 0 Å². The Kier molecular flexibility index (Phi) is 5.76. The SMILES string of the molecule is O=S(=O)(OC1CCC(OS(=O)(=O)c2ccccc2)CC1)c1ccccc1. The van der Waals surface area contributed by atoms with Crippen LogP contribution in [0, 0.1) is 0 Å². The highest BCUT2D eigenvalue weighted by Crippen LogP contribution is 2.28. The fourth-order valence-electron chi connectivity index (χ4n) is 2.87. The van der Waals surface area contributed by atoms with Gasteiger partial charge in [0, 0.05) is 0 Å². The largest absolute Gasteiger partial charge is 0.297 e. The van der Waals surface area contributed by atoms with E-state index >= 15 is 0 Å². The minimum atomic E-state index is -3.81. The van der Waals surface area contributed by atoms with Crippen LogP contribution >= 0.6 is 0 Å². The first-order valence-electron chi connectivity index (χ1n) is 8.33. The van der Waals surface area contributed by atoms with E-state index in [2.05, 4.69) is 0 Å². The Morgan fingerprint density at radius 1 is 0.577 bits per heavy atom. The molecule has 1 fully saturated rings. The van der Waals surface area contributed by atoms with Gasteiger partial charge in [-0.2, -0.15) is 16.8 Å². The molecule has 0 radical (unpaired) electrons. The third-order valence-electron chi connectivity index (χ3n) is 4.21. The lowest BCUT2D eigenvalue weighted by Crippen LogP contribution is -2.29. The van der Waals surface area contributed by atoms with Crippen molar-refractivity contribution in [2.24, 2.45) is 0 Å². The molecule has 0 heterocycles. The quantitative estimate of drug-likeness (QED) is 0.698. The summed E-state index contributed by atoms with van der Waals surface area (Å²) in [5.41, 5.74) is 0. The molecule has 26 heavy (non-hydrogen) atoms. The normalized spacial score (nSPS) is 21.4. The molecule has 8 heteroatoms. The Morgan fingerprint density at radius 3 is 1.19 bits per heavy atom. The molecule has 0 bridgehead atoms. The van der Waals surface area contributed by atoms with E-state index in [0.717, 1.165) is 0 Å². The van der Waals surface area contributed by atoms with Crippen LogP contribution < -0.4 is 0 Å². The Morgan fingerprint density at radius 2 is 0.885 bits per heavy atom. The lowest BCUT2D eigenvalue weighted by molar-refractivity contribution is 0.0878. The van der Waals surface area contributed by atoms with Gasteiger partial charge in [0.25, 0.3) is 20.2 Å². The summed E-state index contributed by atoms with van der Waals surface area (Å²) in [7, 11) is -7.63. The van der Waals surface area contributed by atoms with Crippen LogP contribution in [0.4, 0.5) is 0 Å². The van der Waals surface area contributed by atoms with Crippen molar-refractivity contribution in [3.8, 4) is 0 Å². The van der Waals surface area contributed by atoms with Crippen molar-refractivity contribution >= 4 is 20.2 Å². The van der Waals surface area contributed by atoms with Crippen molar-refractivity contribution < 1.29 is 25.2 Å². The van der Waals surface area contributed by atoms with Gasteiger partial charge < -0.3 is 0 Å². The molecule has 6 nitrogen and oxygen atoms in total. The van der Waals surface area contributed by atoms with E-state index in [-0.39, 0.29) is 9.79 Å². The number of hydrogen-bond donors (Lipinski definition) is 0. The molecule has 2 aromatic rings. The lowest BCUT2D eigenvalue weighted by Gasteiger charge is -2.27. The van der Waals surface area contributed by atoms with Gasteiger partial charge in [-0.15, -0.1) is 0 Å². The van der Waals surface area contributed by atoms with Gasteiger partial charge in [-0.3, -0.25) is 8.37 Å². The van der Waals surface area contributed by atoms with Crippen molar-refractivity contribution in [2.45, 2.75) is 47.7 Å². The maximum Gasteiger partial charge on any atom is 0.297 e. The minimum absolute atomic E-state index is 0.116. The molecule has 1 aliphatic rings. The molecule has 0 spiro atoms. The predicted octanol–water partition coefficient (Wildman–Crippen LogP) is 3.11. The number of hydrogen-bond acceptors (Lipinski definition) is 6. The monoisotopic (exact) mass is 396 g/mol. The molecule has 1 aliphatic carbocycles. The first-order chi connectivity index (χ1) is 12.4. The Balaban J connectivity index is 1.56. The summed E-state index contributed by atoms with van der Waals surface area (Å²) in [5, 5.41) is 0. The van der Waals surface area contributed by atoms with E-state index in [4.69, 9.17) is 8.37 Å². The van der Waals surface area contributed by atoms with E-state index in [1.807, 2.05) is 0 Å². The predicted molar refractivity (Wildman–Crippen MR) is 95.5 cm³/mol. The van der Waals surface area contributed by atoms with E-state index in [0.29, 0.717) is 25.7 Å². The van der Waals surface area contributed by atoms with Gasteiger partial charge in [-0.05, 0) is 49.9 Å². The molecule has 0 aliphatic heterocycles. The Bertz CT molecular complexity index is 837. The fraction of sp³-hybridized carbons (Fsp3) is 0.333. The molecule has 1 saturated carbocycles. The molecule has 0 saturated heterocycles. The van der Waals surface area contributed by atoms with Crippen LogP contribution in [0.2, 0.25) is 0 Å². The van der Waals surface area contributed by atoms with Crippen LogP contribution in [-0.2, 0) is 28.6 Å². The highest BCUT2D eigenvalue weighted by molar-refractivity contribution is 7.87. The van der Waals surface area contributed by atoms with E-state index < -0.39 is 32.4 Å². The first-order valence-corrected chi connectivity index (χ1v) is 11.2. The minimum Gasteiger partial charge on any atom is -0.263 e. The van der Waals surface area contributed by atoms with Crippen LogP contribution in [0.3, 0.4) is 0 Å². The lowest BCUT2D eigenvalue weighted by atomic mass is 9.95. The van der Waals surface area contributed by atoms with Gasteiger partial charge in [0.1, 0.15) is 0 Å². The van der Waals surface area contributed by atoms with Gasteiger partial charge in [0.15, 0.2) is 0 Å². The summed E-state index contributed by atoms with van der Waals surface area (Å²) < 4.78 is 59.6. The highest BCUT2D eigenvalue weighted by Gasteiger charge is 2.30. The molecule has 140 valence electrons. The average Bonchev–Trinajstić information content (AvgIpc) is 2.64. The summed E-state index contributed by atoms with van der Waals surface area (Å²) in [6, 6.07) is 15.9. The second kappa shape index (κ2) is 7.87. The van der Waals surface area contributed by atoms with E-state index in [9.17, 15) is 16.8 Å². The zero-order valence-electron chi connectivity index (χ0n) is 14.0. The van der Waals surface area contributed by atoms with Gasteiger partial charge in [0.05, 0.1) is 22.0 Å². The average molecular weight is 396 g/mol. The summed E-state index contributed by atoms with van der Waals surface area (Å²) in [4.78, 5) is 0.232. The van der Waals surface area contributed by atoms with E-state index in [1.165, 1.54) is 24.3 Å². The molecule has 0 amide bonds. The zero-order valence-corrected chi connectivity index (χ0v) is 15.7. The topological polar surface area (TPSA) is 86.7 Å². The van der Waals surface area contributed by atoms with Crippen molar-refractivity contribution in [1.29, 1.82) is 0 Å². The summed E-state index contributed by atoms with van der Waals surface area (Å²) in [6.45, 7) is 0. The first kappa shape index (κ1) is 19.0. The maximum atomic E-state index is 12.2. The molecule has 0 atom stereocenters. The number of rotatable bonds is 6. The molecular formula is C18H20O6S2. The molecule has 2 aromatic carbocycles. The maximum absolute atomic E-state index is 12.2. The molecule has 3 rings (SSSR count). The molecular weight excluding hydrogens is 376 g/mol. The fourth-order valence-corrected chi connectivity index (χ4v) is 5.17. The highest BCUT2D eigenvalue weighted by atomic mass is 32.2. The second-order valence-corrected chi connectivity index (χ2v) is 9.27. The van der Waals surface area contributed by atoms with Crippen molar-refractivity contribution in [3.05, 3.63) is 60.7 Å². The third kappa shape index (κ3) is 4.70. The van der Waals surface area contributed by atoms with Gasteiger partial charge in [0.2, 0.25) is 0 Å². The summed E-state index contributed by atoms with van der Waals surface area (Å²) in [5.74, 6) is 0.